The van der Waals surface area contributed by atoms with E-state index in [0.29, 0.717) is 17.5 Å². The van der Waals surface area contributed by atoms with Crippen molar-refractivity contribution in [3.05, 3.63) is 16.1 Å². The molecule has 2 rings (SSSR count). The zero-order chi connectivity index (χ0) is 19.0. The molecule has 0 saturated carbocycles. The lowest BCUT2D eigenvalue weighted by molar-refractivity contribution is -0.140. The highest BCUT2D eigenvalue weighted by molar-refractivity contribution is 14.0. The summed E-state index contributed by atoms with van der Waals surface area (Å²) in [7, 11) is 2.14. The topological polar surface area (TPSA) is 55.8 Å². The van der Waals surface area contributed by atoms with Crippen LogP contribution in [0.25, 0.3) is 0 Å². The van der Waals surface area contributed by atoms with E-state index in [1.54, 1.807) is 0 Å². The van der Waals surface area contributed by atoms with Gasteiger partial charge in [0, 0.05) is 38.1 Å². The van der Waals surface area contributed by atoms with Crippen molar-refractivity contribution >= 4 is 41.3 Å². The molecule has 0 aromatic carbocycles. The van der Waals surface area contributed by atoms with Crippen LogP contribution in [-0.2, 0) is 12.7 Å². The maximum Gasteiger partial charge on any atom is 0.434 e. The molecule has 0 aliphatic carbocycles. The Morgan fingerprint density at radius 1 is 1.26 bits per heavy atom. The van der Waals surface area contributed by atoms with Crippen molar-refractivity contribution in [2.75, 3.05) is 52.9 Å². The zero-order valence-corrected chi connectivity index (χ0v) is 18.8. The minimum absolute atomic E-state index is 0. The number of aliphatic imine (C=N–C) groups is 1. The van der Waals surface area contributed by atoms with Gasteiger partial charge in [-0.3, -0.25) is 0 Å². The standard InChI is InChI=1S/C16H27F3N6S.HI/c1-3-20-15(21-5-8-25-7-4-6-24(2)9-10-25)22-11-14-23-13(12-26-14)16(17,18)19;/h12H,3-11H2,1-2H3,(H2,20,21,22);1H. The molecule has 27 heavy (non-hydrogen) atoms. The largest absolute Gasteiger partial charge is 0.434 e. The van der Waals surface area contributed by atoms with Crippen LogP contribution >= 0.6 is 35.3 Å². The third-order valence-electron chi connectivity index (χ3n) is 4.09. The second kappa shape index (κ2) is 12.0. The first kappa shape index (κ1) is 24.4. The summed E-state index contributed by atoms with van der Waals surface area (Å²) in [6.45, 7) is 8.74. The highest BCUT2D eigenvalue weighted by Gasteiger charge is 2.33. The fourth-order valence-electron chi connectivity index (χ4n) is 2.66. The van der Waals surface area contributed by atoms with Gasteiger partial charge in [0.15, 0.2) is 11.7 Å². The molecule has 0 bridgehead atoms. The van der Waals surface area contributed by atoms with Crippen molar-refractivity contribution in [3.8, 4) is 0 Å². The normalized spacial score (nSPS) is 17.3. The van der Waals surface area contributed by atoms with Gasteiger partial charge in [0.1, 0.15) is 5.01 Å². The summed E-state index contributed by atoms with van der Waals surface area (Å²) in [6.07, 6.45) is -3.24. The van der Waals surface area contributed by atoms with Gasteiger partial charge in [-0.25, -0.2) is 9.98 Å². The lowest BCUT2D eigenvalue weighted by Crippen LogP contribution is -2.42. The van der Waals surface area contributed by atoms with Gasteiger partial charge < -0.3 is 20.4 Å². The SMILES string of the molecule is CCNC(=NCc1nc(C(F)(F)F)cs1)NCCN1CCCN(C)CC1.I. The first-order valence-electron chi connectivity index (χ1n) is 8.83. The van der Waals surface area contributed by atoms with Crippen LogP contribution in [0.4, 0.5) is 13.2 Å². The molecule has 0 spiro atoms. The fraction of sp³-hybridized carbons (Fsp3) is 0.750. The average Bonchev–Trinajstić information content (AvgIpc) is 2.97. The molecule has 1 fully saturated rings. The van der Waals surface area contributed by atoms with Crippen molar-refractivity contribution < 1.29 is 13.2 Å². The third kappa shape index (κ3) is 8.92. The van der Waals surface area contributed by atoms with Crippen molar-refractivity contribution in [3.63, 3.8) is 0 Å². The number of nitrogens with one attached hydrogen (secondary N) is 2. The number of aromatic nitrogens is 1. The Morgan fingerprint density at radius 3 is 2.70 bits per heavy atom. The molecule has 1 saturated heterocycles. The highest BCUT2D eigenvalue weighted by Crippen LogP contribution is 2.30. The first-order chi connectivity index (χ1) is 12.4. The number of alkyl halides is 3. The lowest BCUT2D eigenvalue weighted by atomic mass is 10.4. The monoisotopic (exact) mass is 520 g/mol. The Morgan fingerprint density at radius 2 is 2.04 bits per heavy atom. The van der Waals surface area contributed by atoms with Gasteiger partial charge in [0.05, 0.1) is 6.54 Å². The number of guanidine groups is 1. The molecule has 11 heteroatoms. The summed E-state index contributed by atoms with van der Waals surface area (Å²) < 4.78 is 37.8. The van der Waals surface area contributed by atoms with E-state index in [1.165, 1.54) is 0 Å². The number of thiazole rings is 1. The van der Waals surface area contributed by atoms with E-state index in [1.807, 2.05) is 6.92 Å². The van der Waals surface area contributed by atoms with Gasteiger partial charge in [0.25, 0.3) is 0 Å². The Balaban J connectivity index is 0.00000364. The molecule has 0 atom stereocenters. The minimum atomic E-state index is -4.40. The van der Waals surface area contributed by atoms with Crippen molar-refractivity contribution in [1.29, 1.82) is 0 Å². The second-order valence-electron chi connectivity index (χ2n) is 6.24. The fourth-order valence-corrected chi connectivity index (χ4v) is 3.38. The molecule has 1 aromatic heterocycles. The minimum Gasteiger partial charge on any atom is -0.357 e. The molecule has 6 nitrogen and oxygen atoms in total. The molecule has 156 valence electrons. The predicted octanol–water partition coefficient (Wildman–Crippen LogP) is 2.47. The number of hydrogen-bond donors (Lipinski definition) is 2. The maximum atomic E-state index is 12.6. The van der Waals surface area contributed by atoms with Crippen LogP contribution in [0.3, 0.4) is 0 Å². The van der Waals surface area contributed by atoms with Crippen molar-refractivity contribution in [2.24, 2.45) is 4.99 Å². The van der Waals surface area contributed by atoms with Gasteiger partial charge >= 0.3 is 6.18 Å². The smallest absolute Gasteiger partial charge is 0.357 e. The molecule has 1 aliphatic rings. The number of halogens is 4. The van der Waals surface area contributed by atoms with Crippen LogP contribution < -0.4 is 10.6 Å². The van der Waals surface area contributed by atoms with E-state index >= 15 is 0 Å². The van der Waals surface area contributed by atoms with Crippen molar-refractivity contribution in [1.82, 2.24) is 25.4 Å². The lowest BCUT2D eigenvalue weighted by Gasteiger charge is -2.21. The van der Waals surface area contributed by atoms with Gasteiger partial charge in [-0.05, 0) is 33.5 Å². The second-order valence-corrected chi connectivity index (χ2v) is 7.19. The third-order valence-corrected chi connectivity index (χ3v) is 4.93. The number of rotatable bonds is 6. The Kier molecular flexibility index (Phi) is 10.9. The van der Waals surface area contributed by atoms with E-state index in [0.717, 1.165) is 62.4 Å². The van der Waals surface area contributed by atoms with Gasteiger partial charge in [-0.15, -0.1) is 35.3 Å². The summed E-state index contributed by atoms with van der Waals surface area (Å²) in [6, 6.07) is 0. The molecular weight excluding hydrogens is 492 g/mol. The highest BCUT2D eigenvalue weighted by atomic mass is 127. The quantitative estimate of drug-likeness (QED) is 0.343. The molecule has 1 aromatic rings. The van der Waals surface area contributed by atoms with E-state index in [9.17, 15) is 13.2 Å². The molecular formula is C16H28F3IN6S. The molecule has 2 N–H and O–H groups in total. The first-order valence-corrected chi connectivity index (χ1v) is 9.71. The Hall–Kier alpha value is -0.660. The molecule has 1 aliphatic heterocycles. The number of likely N-dealkylation sites (N-methyl/N-ethyl adjacent to an activating group) is 1. The number of hydrogen-bond acceptors (Lipinski definition) is 5. The molecule has 0 amide bonds. The van der Waals surface area contributed by atoms with E-state index in [4.69, 9.17) is 0 Å². The Bertz CT molecular complexity index is 581. The summed E-state index contributed by atoms with van der Waals surface area (Å²) in [4.78, 5) is 12.7. The molecule has 2 heterocycles. The number of nitrogens with zero attached hydrogens (tertiary/aromatic N) is 4. The summed E-state index contributed by atoms with van der Waals surface area (Å²) in [5, 5.41) is 7.74. The molecule has 0 radical (unpaired) electrons. The van der Waals surface area contributed by atoms with Gasteiger partial charge in [0.2, 0.25) is 0 Å². The van der Waals surface area contributed by atoms with Crippen LogP contribution in [0, 0.1) is 0 Å². The molecule has 0 unspecified atom stereocenters. The van der Waals surface area contributed by atoms with Crippen LogP contribution in [0.1, 0.15) is 24.0 Å². The van der Waals surface area contributed by atoms with Gasteiger partial charge in [-0.2, -0.15) is 13.2 Å². The van der Waals surface area contributed by atoms with Crippen molar-refractivity contribution in [2.45, 2.75) is 26.1 Å². The summed E-state index contributed by atoms with van der Waals surface area (Å²) in [5.41, 5.74) is -0.850. The van der Waals surface area contributed by atoms with Gasteiger partial charge in [-0.1, -0.05) is 0 Å². The van der Waals surface area contributed by atoms with Crippen LogP contribution in [-0.4, -0.2) is 73.6 Å². The van der Waals surface area contributed by atoms with E-state index < -0.39 is 11.9 Å². The average molecular weight is 520 g/mol. The van der Waals surface area contributed by atoms with E-state index in [2.05, 4.69) is 37.5 Å². The zero-order valence-electron chi connectivity index (χ0n) is 15.7. The summed E-state index contributed by atoms with van der Waals surface area (Å²) in [5.74, 6) is 0.600. The maximum absolute atomic E-state index is 12.6. The van der Waals surface area contributed by atoms with Crippen LogP contribution in [0.15, 0.2) is 10.4 Å². The van der Waals surface area contributed by atoms with Crippen LogP contribution in [0.5, 0.6) is 0 Å². The van der Waals surface area contributed by atoms with E-state index in [-0.39, 0.29) is 30.5 Å². The Labute approximate surface area is 179 Å². The van der Waals surface area contributed by atoms with Crippen LogP contribution in [0.2, 0.25) is 0 Å². The summed E-state index contributed by atoms with van der Waals surface area (Å²) >= 11 is 0.979. The predicted molar refractivity (Wildman–Crippen MR) is 114 cm³/mol.